The fourth-order valence-electron chi connectivity index (χ4n) is 2.71. The van der Waals surface area contributed by atoms with Crippen LogP contribution in [0.1, 0.15) is 77.6 Å². The smallest absolute Gasteiger partial charge is 0.140 e. The first-order valence-electron chi connectivity index (χ1n) is 7.48. The third kappa shape index (κ3) is 4.42. The molecule has 1 aliphatic rings. The maximum atomic E-state index is 12.0. The van der Waals surface area contributed by atoms with Crippen molar-refractivity contribution in [2.45, 2.75) is 77.6 Å². The lowest BCUT2D eigenvalue weighted by Gasteiger charge is -2.39. The Balaban J connectivity index is 2.00. The molecular formula is C15H29NO. The van der Waals surface area contributed by atoms with Gasteiger partial charge in [-0.25, -0.2) is 0 Å². The van der Waals surface area contributed by atoms with E-state index in [4.69, 9.17) is 5.73 Å². The normalized spacial score (nSPS) is 17.8. The highest BCUT2D eigenvalue weighted by molar-refractivity contribution is 5.85. The molecule has 0 aromatic heterocycles. The maximum absolute atomic E-state index is 12.0. The highest BCUT2D eigenvalue weighted by atomic mass is 16.1. The van der Waals surface area contributed by atoms with Crippen LogP contribution in [0.15, 0.2) is 0 Å². The molecule has 2 N–H and O–H groups in total. The quantitative estimate of drug-likeness (QED) is 0.589. The number of nitrogens with two attached hydrogens (primary N) is 1. The minimum Gasteiger partial charge on any atom is -0.329 e. The molecule has 0 spiro atoms. The van der Waals surface area contributed by atoms with Gasteiger partial charge < -0.3 is 5.73 Å². The van der Waals surface area contributed by atoms with Gasteiger partial charge in [0, 0.05) is 18.4 Å². The molecule has 0 radical (unpaired) electrons. The Kier molecular flexibility index (Phi) is 6.79. The lowest BCUT2D eigenvalue weighted by Crippen LogP contribution is -2.44. The first kappa shape index (κ1) is 14.7. The van der Waals surface area contributed by atoms with Crippen molar-refractivity contribution in [2.24, 2.45) is 11.1 Å². The Morgan fingerprint density at radius 2 is 1.65 bits per heavy atom. The predicted octanol–water partition coefficient (Wildman–Crippen LogP) is 3.83. The maximum Gasteiger partial charge on any atom is 0.140 e. The first-order chi connectivity index (χ1) is 8.25. The molecule has 0 aromatic carbocycles. The van der Waals surface area contributed by atoms with Crippen LogP contribution in [0, 0.1) is 5.41 Å². The van der Waals surface area contributed by atoms with Gasteiger partial charge in [0.15, 0.2) is 0 Å². The van der Waals surface area contributed by atoms with Gasteiger partial charge in [0.25, 0.3) is 0 Å². The largest absolute Gasteiger partial charge is 0.329 e. The fraction of sp³-hybridized carbons (Fsp3) is 0.933. The van der Waals surface area contributed by atoms with Gasteiger partial charge >= 0.3 is 0 Å². The van der Waals surface area contributed by atoms with E-state index in [0.29, 0.717) is 12.3 Å². The molecule has 17 heavy (non-hydrogen) atoms. The van der Waals surface area contributed by atoms with Gasteiger partial charge in [0.2, 0.25) is 0 Å². The summed E-state index contributed by atoms with van der Waals surface area (Å²) in [5, 5.41) is 0. The van der Waals surface area contributed by atoms with Crippen molar-refractivity contribution >= 4 is 5.78 Å². The van der Waals surface area contributed by atoms with E-state index in [2.05, 4.69) is 6.92 Å². The van der Waals surface area contributed by atoms with Crippen LogP contribution >= 0.6 is 0 Å². The van der Waals surface area contributed by atoms with E-state index < -0.39 is 0 Å². The lowest BCUT2D eigenvalue weighted by atomic mass is 9.65. The number of carbonyl (C=O) groups excluding carboxylic acids is 1. The number of Topliss-reactive ketones (excluding diaryl/α,β-unsaturated/α-hetero) is 1. The summed E-state index contributed by atoms with van der Waals surface area (Å²) in [7, 11) is 0. The minimum absolute atomic E-state index is 0.0950. The number of ketones is 1. The van der Waals surface area contributed by atoms with Crippen LogP contribution in [0.4, 0.5) is 0 Å². The number of hydrogen-bond donors (Lipinski definition) is 1. The second-order valence-corrected chi connectivity index (χ2v) is 5.63. The molecule has 0 saturated heterocycles. The topological polar surface area (TPSA) is 43.1 Å². The molecule has 0 bridgehead atoms. The van der Waals surface area contributed by atoms with Crippen molar-refractivity contribution in [1.29, 1.82) is 0 Å². The third-order valence-corrected chi connectivity index (χ3v) is 4.30. The Morgan fingerprint density at radius 3 is 2.12 bits per heavy atom. The molecule has 1 saturated carbocycles. The molecule has 0 aromatic rings. The van der Waals surface area contributed by atoms with E-state index in [1.165, 1.54) is 44.9 Å². The molecule has 0 atom stereocenters. The number of unbranched alkanes of at least 4 members (excludes halogenated alkanes) is 6. The van der Waals surface area contributed by atoms with Crippen molar-refractivity contribution in [1.82, 2.24) is 0 Å². The van der Waals surface area contributed by atoms with Gasteiger partial charge in [-0.05, 0) is 19.3 Å². The van der Waals surface area contributed by atoms with Gasteiger partial charge in [-0.3, -0.25) is 4.79 Å². The number of rotatable bonds is 10. The SMILES string of the molecule is CCCCCCCCCC(=O)C1(CN)CCC1. The van der Waals surface area contributed by atoms with E-state index >= 15 is 0 Å². The van der Waals surface area contributed by atoms with Crippen LogP contribution in [-0.4, -0.2) is 12.3 Å². The van der Waals surface area contributed by atoms with Gasteiger partial charge in [0.05, 0.1) is 0 Å². The zero-order chi connectivity index (χ0) is 12.6. The van der Waals surface area contributed by atoms with E-state index in [-0.39, 0.29) is 5.41 Å². The van der Waals surface area contributed by atoms with Gasteiger partial charge in [-0.15, -0.1) is 0 Å². The van der Waals surface area contributed by atoms with Crippen LogP contribution in [0.2, 0.25) is 0 Å². The summed E-state index contributed by atoms with van der Waals surface area (Å²) in [6.45, 7) is 2.81. The second-order valence-electron chi connectivity index (χ2n) is 5.63. The second kappa shape index (κ2) is 7.86. The Hall–Kier alpha value is -0.370. The highest BCUT2D eigenvalue weighted by Gasteiger charge is 2.41. The molecule has 2 nitrogen and oxygen atoms in total. The highest BCUT2D eigenvalue weighted by Crippen LogP contribution is 2.41. The molecule has 100 valence electrons. The molecule has 0 aliphatic heterocycles. The summed E-state index contributed by atoms with van der Waals surface area (Å²) in [5.41, 5.74) is 5.64. The van der Waals surface area contributed by atoms with E-state index in [1.54, 1.807) is 0 Å². The van der Waals surface area contributed by atoms with Crippen LogP contribution < -0.4 is 5.73 Å². The van der Waals surface area contributed by atoms with Gasteiger partial charge in [-0.2, -0.15) is 0 Å². The van der Waals surface area contributed by atoms with Crippen molar-refractivity contribution in [3.05, 3.63) is 0 Å². The van der Waals surface area contributed by atoms with Gasteiger partial charge in [-0.1, -0.05) is 51.9 Å². The van der Waals surface area contributed by atoms with E-state index in [1.807, 2.05) is 0 Å². The lowest BCUT2D eigenvalue weighted by molar-refractivity contribution is -0.132. The average Bonchev–Trinajstić information content (AvgIpc) is 2.27. The van der Waals surface area contributed by atoms with E-state index in [9.17, 15) is 4.79 Å². The minimum atomic E-state index is -0.0950. The summed E-state index contributed by atoms with van der Waals surface area (Å²) in [4.78, 5) is 12.0. The molecule has 1 aliphatic carbocycles. The summed E-state index contributed by atoms with van der Waals surface area (Å²) >= 11 is 0. The molecule has 2 heteroatoms. The monoisotopic (exact) mass is 239 g/mol. The molecule has 1 fully saturated rings. The predicted molar refractivity (Wildman–Crippen MR) is 73.0 cm³/mol. The standard InChI is InChI=1S/C15H29NO/c1-2-3-4-5-6-7-8-10-14(17)15(13-16)11-9-12-15/h2-13,16H2,1H3. The summed E-state index contributed by atoms with van der Waals surface area (Å²) < 4.78 is 0. The van der Waals surface area contributed by atoms with Crippen LogP contribution in [0.3, 0.4) is 0 Å². The number of hydrogen-bond acceptors (Lipinski definition) is 2. The molecule has 0 amide bonds. The van der Waals surface area contributed by atoms with Crippen molar-refractivity contribution in [3.63, 3.8) is 0 Å². The number of carbonyl (C=O) groups is 1. The molecular weight excluding hydrogens is 210 g/mol. The van der Waals surface area contributed by atoms with Crippen molar-refractivity contribution in [2.75, 3.05) is 6.54 Å². The van der Waals surface area contributed by atoms with Gasteiger partial charge in [0.1, 0.15) is 5.78 Å². The molecule has 0 heterocycles. The zero-order valence-electron chi connectivity index (χ0n) is 11.5. The van der Waals surface area contributed by atoms with Crippen LogP contribution in [-0.2, 0) is 4.79 Å². The Labute approximate surface area is 106 Å². The van der Waals surface area contributed by atoms with Crippen molar-refractivity contribution < 1.29 is 4.79 Å². The average molecular weight is 239 g/mol. The Morgan fingerprint density at radius 1 is 1.06 bits per heavy atom. The van der Waals surface area contributed by atoms with E-state index in [0.717, 1.165) is 25.7 Å². The molecule has 0 unspecified atom stereocenters. The van der Waals surface area contributed by atoms with Crippen LogP contribution in [0.5, 0.6) is 0 Å². The zero-order valence-corrected chi connectivity index (χ0v) is 11.5. The Bertz CT molecular complexity index is 215. The van der Waals surface area contributed by atoms with Crippen molar-refractivity contribution in [3.8, 4) is 0 Å². The summed E-state index contributed by atoms with van der Waals surface area (Å²) in [6, 6.07) is 0. The summed E-state index contributed by atoms with van der Waals surface area (Å²) in [5.74, 6) is 0.444. The van der Waals surface area contributed by atoms with Crippen LogP contribution in [0.25, 0.3) is 0 Å². The molecule has 1 rings (SSSR count). The summed E-state index contributed by atoms with van der Waals surface area (Å²) in [6.07, 6.45) is 13.0. The third-order valence-electron chi connectivity index (χ3n) is 4.30. The fourth-order valence-corrected chi connectivity index (χ4v) is 2.71. The first-order valence-corrected chi connectivity index (χ1v) is 7.48.